The molecule has 0 aromatic carbocycles. The zero-order chi connectivity index (χ0) is 12.3. The summed E-state index contributed by atoms with van der Waals surface area (Å²) in [5.41, 5.74) is 8.92. The molecule has 96 valence electrons. The molecule has 1 aromatic rings. The van der Waals surface area contributed by atoms with Crippen molar-refractivity contribution in [3.8, 4) is 0 Å². The zero-order valence-corrected chi connectivity index (χ0v) is 11.4. The average Bonchev–Trinajstić information content (AvgIpc) is 2.93. The van der Waals surface area contributed by atoms with Gasteiger partial charge in [0.05, 0.1) is 17.3 Å². The Morgan fingerprint density at radius 3 is 3.06 bits per heavy atom. The SMILES string of the molecule is Cc1ncsc1CN(C)C(CN)C1CCCO1. The first-order valence-electron chi connectivity index (χ1n) is 6.13. The largest absolute Gasteiger partial charge is 0.377 e. The molecule has 0 amide bonds. The van der Waals surface area contributed by atoms with Crippen molar-refractivity contribution in [3.05, 3.63) is 16.1 Å². The van der Waals surface area contributed by atoms with Crippen molar-refractivity contribution < 1.29 is 4.74 Å². The minimum absolute atomic E-state index is 0.304. The van der Waals surface area contributed by atoms with Crippen LogP contribution in [0.1, 0.15) is 23.4 Å². The minimum Gasteiger partial charge on any atom is -0.377 e. The first-order valence-corrected chi connectivity index (χ1v) is 7.01. The lowest BCUT2D eigenvalue weighted by Crippen LogP contribution is -2.45. The topological polar surface area (TPSA) is 51.4 Å². The monoisotopic (exact) mass is 255 g/mol. The molecule has 0 spiro atoms. The first-order chi connectivity index (χ1) is 8.22. The molecule has 5 heteroatoms. The molecule has 2 rings (SSSR count). The Bertz CT molecular complexity index is 349. The predicted molar refractivity (Wildman–Crippen MR) is 70.1 cm³/mol. The Labute approximate surface area is 107 Å². The second kappa shape index (κ2) is 5.91. The maximum Gasteiger partial charge on any atom is 0.0798 e. The van der Waals surface area contributed by atoms with Gasteiger partial charge in [-0.3, -0.25) is 4.90 Å². The summed E-state index contributed by atoms with van der Waals surface area (Å²) in [6.45, 7) is 4.51. The zero-order valence-electron chi connectivity index (χ0n) is 10.6. The van der Waals surface area contributed by atoms with Crippen LogP contribution >= 0.6 is 11.3 Å². The van der Waals surface area contributed by atoms with Gasteiger partial charge in [0.1, 0.15) is 0 Å². The first kappa shape index (κ1) is 13.0. The van der Waals surface area contributed by atoms with E-state index in [1.807, 2.05) is 5.51 Å². The summed E-state index contributed by atoms with van der Waals surface area (Å²) in [6.07, 6.45) is 2.60. The molecule has 1 aliphatic heterocycles. The molecule has 0 radical (unpaired) electrons. The van der Waals surface area contributed by atoms with Gasteiger partial charge < -0.3 is 10.5 Å². The average molecular weight is 255 g/mol. The van der Waals surface area contributed by atoms with Crippen molar-refractivity contribution in [2.45, 2.75) is 38.5 Å². The number of ether oxygens (including phenoxy) is 1. The highest BCUT2D eigenvalue weighted by molar-refractivity contribution is 7.09. The number of aryl methyl sites for hydroxylation is 1. The lowest BCUT2D eigenvalue weighted by atomic mass is 10.1. The Hall–Kier alpha value is -0.490. The lowest BCUT2D eigenvalue weighted by Gasteiger charge is -2.30. The van der Waals surface area contributed by atoms with Crippen LogP contribution in [0.3, 0.4) is 0 Å². The van der Waals surface area contributed by atoms with Crippen LogP contribution < -0.4 is 5.73 Å². The lowest BCUT2D eigenvalue weighted by molar-refractivity contribution is 0.0349. The molecule has 1 aromatic heterocycles. The van der Waals surface area contributed by atoms with Gasteiger partial charge in [-0.25, -0.2) is 4.98 Å². The summed E-state index contributed by atoms with van der Waals surface area (Å²) in [6, 6.07) is 0.319. The summed E-state index contributed by atoms with van der Waals surface area (Å²) >= 11 is 1.71. The van der Waals surface area contributed by atoms with E-state index < -0.39 is 0 Å². The standard InChI is InChI=1S/C12H21N3OS/c1-9-12(17-8-14-9)7-15(2)10(6-13)11-4-3-5-16-11/h8,10-11H,3-7,13H2,1-2H3. The fourth-order valence-corrected chi connectivity index (χ4v) is 3.18. The van der Waals surface area contributed by atoms with E-state index in [1.165, 1.54) is 4.88 Å². The smallest absolute Gasteiger partial charge is 0.0798 e. The van der Waals surface area contributed by atoms with Gasteiger partial charge in [0.25, 0.3) is 0 Å². The van der Waals surface area contributed by atoms with Gasteiger partial charge in [-0.05, 0) is 26.8 Å². The van der Waals surface area contributed by atoms with Gasteiger partial charge in [0.2, 0.25) is 0 Å². The van der Waals surface area contributed by atoms with E-state index in [9.17, 15) is 0 Å². The van der Waals surface area contributed by atoms with E-state index in [1.54, 1.807) is 11.3 Å². The maximum atomic E-state index is 5.89. The Morgan fingerprint density at radius 1 is 1.71 bits per heavy atom. The number of hydrogen-bond acceptors (Lipinski definition) is 5. The van der Waals surface area contributed by atoms with Crippen LogP contribution in [0.2, 0.25) is 0 Å². The van der Waals surface area contributed by atoms with Crippen molar-refractivity contribution in [1.29, 1.82) is 0 Å². The number of nitrogens with two attached hydrogens (primary N) is 1. The molecule has 2 N–H and O–H groups in total. The van der Waals surface area contributed by atoms with E-state index in [0.29, 0.717) is 18.7 Å². The van der Waals surface area contributed by atoms with Crippen molar-refractivity contribution in [3.63, 3.8) is 0 Å². The molecule has 1 aliphatic rings. The molecule has 4 nitrogen and oxygen atoms in total. The fourth-order valence-electron chi connectivity index (χ4n) is 2.34. The van der Waals surface area contributed by atoms with Gasteiger partial charge in [-0.1, -0.05) is 0 Å². The molecule has 2 atom stereocenters. The predicted octanol–water partition coefficient (Wildman–Crippen LogP) is 1.39. The van der Waals surface area contributed by atoms with Crippen LogP contribution in [0.4, 0.5) is 0 Å². The van der Waals surface area contributed by atoms with Crippen LogP contribution in [-0.4, -0.2) is 42.2 Å². The third-order valence-corrected chi connectivity index (χ3v) is 4.36. The van der Waals surface area contributed by atoms with Crippen LogP contribution in [-0.2, 0) is 11.3 Å². The summed E-state index contributed by atoms with van der Waals surface area (Å²) in [7, 11) is 2.12. The second-order valence-corrected chi connectivity index (χ2v) is 5.57. The van der Waals surface area contributed by atoms with E-state index in [0.717, 1.165) is 31.7 Å². The van der Waals surface area contributed by atoms with Gasteiger partial charge >= 0.3 is 0 Å². The quantitative estimate of drug-likeness (QED) is 0.864. The van der Waals surface area contributed by atoms with Crippen LogP contribution in [0.25, 0.3) is 0 Å². The van der Waals surface area contributed by atoms with Crippen molar-refractivity contribution in [1.82, 2.24) is 9.88 Å². The van der Waals surface area contributed by atoms with Crippen molar-refractivity contribution in [2.75, 3.05) is 20.2 Å². The van der Waals surface area contributed by atoms with Crippen molar-refractivity contribution >= 4 is 11.3 Å². The molecule has 2 unspecified atom stereocenters. The van der Waals surface area contributed by atoms with E-state index >= 15 is 0 Å². The van der Waals surface area contributed by atoms with E-state index in [4.69, 9.17) is 10.5 Å². The molecule has 1 fully saturated rings. The van der Waals surface area contributed by atoms with E-state index in [2.05, 4.69) is 23.9 Å². The maximum absolute atomic E-state index is 5.89. The molecular weight excluding hydrogens is 234 g/mol. The molecule has 0 aliphatic carbocycles. The third kappa shape index (κ3) is 3.04. The second-order valence-electron chi connectivity index (χ2n) is 4.63. The number of rotatable bonds is 5. The molecule has 0 saturated carbocycles. The highest BCUT2D eigenvalue weighted by Crippen LogP contribution is 2.21. The number of hydrogen-bond donors (Lipinski definition) is 1. The summed E-state index contributed by atoms with van der Waals surface area (Å²) in [5, 5.41) is 0. The highest BCUT2D eigenvalue weighted by atomic mass is 32.1. The molecule has 0 bridgehead atoms. The summed E-state index contributed by atoms with van der Waals surface area (Å²) in [5.74, 6) is 0. The van der Waals surface area contributed by atoms with Gasteiger partial charge in [0.15, 0.2) is 0 Å². The summed E-state index contributed by atoms with van der Waals surface area (Å²) in [4.78, 5) is 7.91. The minimum atomic E-state index is 0.304. The fraction of sp³-hybridized carbons (Fsp3) is 0.750. The Morgan fingerprint density at radius 2 is 2.53 bits per heavy atom. The molecular formula is C12H21N3OS. The van der Waals surface area contributed by atoms with Gasteiger partial charge in [-0.2, -0.15) is 0 Å². The normalized spacial score (nSPS) is 22.2. The van der Waals surface area contributed by atoms with Crippen LogP contribution in [0.5, 0.6) is 0 Å². The molecule has 1 saturated heterocycles. The number of thiazole rings is 1. The number of aromatic nitrogens is 1. The molecule has 17 heavy (non-hydrogen) atoms. The van der Waals surface area contributed by atoms with Gasteiger partial charge in [-0.15, -0.1) is 11.3 Å². The number of nitrogens with zero attached hydrogens (tertiary/aromatic N) is 2. The molecule has 2 heterocycles. The van der Waals surface area contributed by atoms with Crippen molar-refractivity contribution in [2.24, 2.45) is 5.73 Å². The highest BCUT2D eigenvalue weighted by Gasteiger charge is 2.28. The van der Waals surface area contributed by atoms with E-state index in [-0.39, 0.29) is 0 Å². The summed E-state index contributed by atoms with van der Waals surface area (Å²) < 4.78 is 5.74. The van der Waals surface area contributed by atoms with Crippen LogP contribution in [0, 0.1) is 6.92 Å². The van der Waals surface area contributed by atoms with Gasteiger partial charge in [0, 0.05) is 30.6 Å². The van der Waals surface area contributed by atoms with Crippen LogP contribution in [0.15, 0.2) is 5.51 Å². The Balaban J connectivity index is 1.97. The third-order valence-electron chi connectivity index (χ3n) is 3.44. The number of likely N-dealkylation sites (N-methyl/N-ethyl adjacent to an activating group) is 1. The Kier molecular flexibility index (Phi) is 4.50.